The third-order valence-corrected chi connectivity index (χ3v) is 4.32. The fraction of sp³-hybridized carbons (Fsp3) is 0.353. The van der Waals surface area contributed by atoms with Crippen LogP contribution in [0.25, 0.3) is 11.5 Å². The summed E-state index contributed by atoms with van der Waals surface area (Å²) in [6.07, 6.45) is -2.90. The highest BCUT2D eigenvalue weighted by atomic mass is 19.4. The fourth-order valence-electron chi connectivity index (χ4n) is 2.96. The second-order valence-corrected chi connectivity index (χ2v) is 6.18. The smallest absolute Gasteiger partial charge is 0.453 e. The highest BCUT2D eigenvalue weighted by molar-refractivity contribution is 5.49. The minimum Gasteiger partial charge on any atom is -0.497 e. The molecule has 0 spiro atoms. The van der Waals surface area contributed by atoms with Gasteiger partial charge >= 0.3 is 6.18 Å². The zero-order valence-corrected chi connectivity index (χ0v) is 14.5. The van der Waals surface area contributed by atoms with Crippen LogP contribution in [0.3, 0.4) is 0 Å². The van der Waals surface area contributed by atoms with Crippen LogP contribution >= 0.6 is 0 Å². The third kappa shape index (κ3) is 3.52. The van der Waals surface area contributed by atoms with Crippen LogP contribution in [0, 0.1) is 0 Å². The van der Waals surface area contributed by atoms with Crippen LogP contribution in [0.4, 0.5) is 13.2 Å². The summed E-state index contributed by atoms with van der Waals surface area (Å²) >= 11 is 0. The summed E-state index contributed by atoms with van der Waals surface area (Å²) in [5.74, 6) is 0.363. The minimum atomic E-state index is -4.62. The molecule has 1 aromatic carbocycles. The second kappa shape index (κ2) is 6.69. The topological polar surface area (TPSA) is 69.8 Å². The van der Waals surface area contributed by atoms with Crippen LogP contribution < -0.4 is 10.1 Å². The van der Waals surface area contributed by atoms with Crippen molar-refractivity contribution in [2.75, 3.05) is 13.7 Å². The maximum Gasteiger partial charge on any atom is 0.453 e. The molecule has 10 heteroatoms. The Morgan fingerprint density at radius 1 is 1.19 bits per heavy atom. The van der Waals surface area contributed by atoms with Gasteiger partial charge in [-0.05, 0) is 17.7 Å². The van der Waals surface area contributed by atoms with Gasteiger partial charge in [-0.3, -0.25) is 0 Å². The number of ether oxygens (including phenoxy) is 1. The Balaban J connectivity index is 1.72. The first-order valence-electron chi connectivity index (χ1n) is 8.36. The molecule has 1 aliphatic rings. The van der Waals surface area contributed by atoms with Crippen LogP contribution in [0.15, 0.2) is 30.5 Å². The molecule has 3 heterocycles. The first-order chi connectivity index (χ1) is 12.9. The van der Waals surface area contributed by atoms with Gasteiger partial charge in [-0.15, -0.1) is 5.10 Å². The van der Waals surface area contributed by atoms with Gasteiger partial charge in [-0.1, -0.05) is 12.1 Å². The molecule has 0 fully saturated rings. The molecule has 7 nitrogen and oxygen atoms in total. The van der Waals surface area contributed by atoms with Crippen molar-refractivity contribution in [3.63, 3.8) is 0 Å². The van der Waals surface area contributed by atoms with E-state index in [1.54, 1.807) is 37.6 Å². The van der Waals surface area contributed by atoms with Crippen molar-refractivity contribution in [1.82, 2.24) is 29.6 Å². The van der Waals surface area contributed by atoms with Gasteiger partial charge in [0.25, 0.3) is 5.82 Å². The van der Waals surface area contributed by atoms with Gasteiger partial charge in [0.05, 0.1) is 20.2 Å². The molecule has 4 rings (SSSR count). The predicted molar refractivity (Wildman–Crippen MR) is 90.0 cm³/mol. The Hall–Kier alpha value is -2.88. The van der Waals surface area contributed by atoms with E-state index in [1.807, 2.05) is 4.57 Å². The lowest BCUT2D eigenvalue weighted by Gasteiger charge is -2.13. The molecule has 0 radical (unpaired) electrons. The number of methoxy groups -OCH3 is 1. The number of hydrogen-bond donors (Lipinski definition) is 1. The van der Waals surface area contributed by atoms with E-state index in [0.29, 0.717) is 24.5 Å². The fourth-order valence-corrected chi connectivity index (χ4v) is 2.96. The van der Waals surface area contributed by atoms with Crippen molar-refractivity contribution in [1.29, 1.82) is 0 Å². The van der Waals surface area contributed by atoms with E-state index < -0.39 is 12.0 Å². The molecule has 1 N–H and O–H groups in total. The quantitative estimate of drug-likeness (QED) is 0.755. The van der Waals surface area contributed by atoms with Crippen molar-refractivity contribution < 1.29 is 17.9 Å². The van der Waals surface area contributed by atoms with Crippen LogP contribution in [0.2, 0.25) is 0 Å². The molecule has 3 aromatic rings. The normalized spacial score (nSPS) is 14.2. The van der Waals surface area contributed by atoms with Gasteiger partial charge in [0.2, 0.25) is 0 Å². The lowest BCUT2D eigenvalue weighted by atomic mass is 10.2. The van der Waals surface area contributed by atoms with Crippen LogP contribution in [0.5, 0.6) is 5.75 Å². The first-order valence-corrected chi connectivity index (χ1v) is 8.36. The van der Waals surface area contributed by atoms with Crippen molar-refractivity contribution in [2.24, 2.45) is 0 Å². The van der Waals surface area contributed by atoms with Gasteiger partial charge in [0.1, 0.15) is 17.3 Å². The van der Waals surface area contributed by atoms with E-state index >= 15 is 0 Å². The number of hydrogen-bond acceptors (Lipinski definition) is 5. The van der Waals surface area contributed by atoms with Crippen molar-refractivity contribution in [2.45, 2.75) is 25.8 Å². The summed E-state index contributed by atoms with van der Waals surface area (Å²) in [4.78, 5) is 8.17. The van der Waals surface area contributed by atoms with E-state index in [0.717, 1.165) is 17.9 Å². The van der Waals surface area contributed by atoms with Gasteiger partial charge < -0.3 is 14.6 Å². The number of nitrogens with one attached hydrogen (secondary N) is 1. The van der Waals surface area contributed by atoms with Crippen LogP contribution in [-0.4, -0.2) is 38.0 Å². The monoisotopic (exact) mass is 378 g/mol. The Bertz CT molecular complexity index is 921. The summed E-state index contributed by atoms with van der Waals surface area (Å²) in [6.45, 7) is 2.21. The van der Waals surface area contributed by atoms with Crippen LogP contribution in [-0.2, 0) is 25.8 Å². The van der Waals surface area contributed by atoms with E-state index in [1.165, 1.54) is 4.68 Å². The minimum absolute atomic E-state index is 0.0973. The van der Waals surface area contributed by atoms with E-state index in [-0.39, 0.29) is 12.4 Å². The summed E-state index contributed by atoms with van der Waals surface area (Å²) in [5.41, 5.74) is 1.16. The van der Waals surface area contributed by atoms with Gasteiger partial charge in [0, 0.05) is 19.3 Å². The molecular formula is C17H17F3N6O. The van der Waals surface area contributed by atoms with Gasteiger partial charge in [-0.25, -0.2) is 14.6 Å². The molecule has 0 saturated carbocycles. The van der Waals surface area contributed by atoms with Crippen molar-refractivity contribution in [3.8, 4) is 17.3 Å². The average Bonchev–Trinajstić information content (AvgIpc) is 3.25. The largest absolute Gasteiger partial charge is 0.497 e. The second-order valence-electron chi connectivity index (χ2n) is 6.18. The molecule has 0 aliphatic carbocycles. The third-order valence-electron chi connectivity index (χ3n) is 4.32. The molecule has 0 bridgehead atoms. The molecular weight excluding hydrogens is 361 g/mol. The predicted octanol–water partition coefficient (Wildman–Crippen LogP) is 2.32. The maximum absolute atomic E-state index is 13.2. The number of benzene rings is 1. The molecule has 27 heavy (non-hydrogen) atoms. The maximum atomic E-state index is 13.2. The van der Waals surface area contributed by atoms with E-state index in [9.17, 15) is 13.2 Å². The highest BCUT2D eigenvalue weighted by Gasteiger charge is 2.37. The summed E-state index contributed by atoms with van der Waals surface area (Å²) in [6, 6.07) is 7.05. The highest BCUT2D eigenvalue weighted by Crippen LogP contribution is 2.29. The van der Waals surface area contributed by atoms with E-state index in [4.69, 9.17) is 4.74 Å². The standard InChI is InChI=1S/C17H17F3N6O/c1-27-12-4-2-11(3-5-12)9-26-15(23-16(24-26)17(18,19)20)13-10-25-7-6-21-8-14(25)22-13/h2-5,10,21H,6-9H2,1H3. The summed E-state index contributed by atoms with van der Waals surface area (Å²) < 4.78 is 47.8. The van der Waals surface area contributed by atoms with Gasteiger partial charge in [-0.2, -0.15) is 13.2 Å². The SMILES string of the molecule is COc1ccc(Cn2nc(C(F)(F)F)nc2-c2cn3c(n2)CNCC3)cc1. The van der Waals surface area contributed by atoms with E-state index in [2.05, 4.69) is 20.4 Å². The number of fused-ring (bicyclic) bond motifs is 1. The number of imidazole rings is 1. The van der Waals surface area contributed by atoms with Crippen molar-refractivity contribution >= 4 is 0 Å². The Labute approximate surface area is 152 Å². The molecule has 0 saturated heterocycles. The number of alkyl halides is 3. The molecule has 1 aliphatic heterocycles. The van der Waals surface area contributed by atoms with Crippen LogP contribution in [0.1, 0.15) is 17.2 Å². The molecule has 0 amide bonds. The average molecular weight is 378 g/mol. The zero-order chi connectivity index (χ0) is 19.0. The summed E-state index contributed by atoms with van der Waals surface area (Å²) in [5, 5.41) is 6.87. The number of nitrogens with zero attached hydrogens (tertiary/aromatic N) is 5. The Kier molecular flexibility index (Phi) is 4.34. The molecule has 142 valence electrons. The van der Waals surface area contributed by atoms with Gasteiger partial charge in [0.15, 0.2) is 5.82 Å². The number of rotatable bonds is 4. The lowest BCUT2D eigenvalue weighted by Crippen LogP contribution is -2.27. The lowest BCUT2D eigenvalue weighted by molar-refractivity contribution is -0.144. The van der Waals surface area contributed by atoms with Crippen molar-refractivity contribution in [3.05, 3.63) is 47.7 Å². The molecule has 0 unspecified atom stereocenters. The number of aromatic nitrogens is 5. The first kappa shape index (κ1) is 17.5. The Morgan fingerprint density at radius 3 is 2.63 bits per heavy atom. The molecule has 2 aromatic heterocycles. The Morgan fingerprint density at radius 2 is 1.96 bits per heavy atom. The summed E-state index contributed by atoms with van der Waals surface area (Å²) in [7, 11) is 1.55. The molecule has 0 atom stereocenters. The zero-order valence-electron chi connectivity index (χ0n) is 14.5. The number of halogens is 3.